The van der Waals surface area contributed by atoms with Crippen LogP contribution in [0.5, 0.6) is 0 Å². The second-order valence-electron chi connectivity index (χ2n) is 5.47. The number of carbonyl (C=O) groups is 1. The van der Waals surface area contributed by atoms with E-state index in [1.807, 2.05) is 0 Å². The van der Waals surface area contributed by atoms with Crippen LogP contribution in [0.25, 0.3) is 0 Å². The van der Waals surface area contributed by atoms with Gasteiger partial charge in [0.15, 0.2) is 0 Å². The lowest BCUT2D eigenvalue weighted by Gasteiger charge is -2.28. The molecule has 0 aliphatic carbocycles. The summed E-state index contributed by atoms with van der Waals surface area (Å²) in [4.78, 5) is 25.1. The van der Waals surface area contributed by atoms with E-state index < -0.39 is 20.9 Å². The highest BCUT2D eigenvalue weighted by molar-refractivity contribution is 7.89. The number of benzene rings is 1. The van der Waals surface area contributed by atoms with Gasteiger partial charge in [0.1, 0.15) is 0 Å². The van der Waals surface area contributed by atoms with E-state index in [0.717, 1.165) is 12.1 Å². The molecule has 25 heavy (non-hydrogen) atoms. The second-order valence-corrected chi connectivity index (χ2v) is 7.41. The second kappa shape index (κ2) is 6.22. The van der Waals surface area contributed by atoms with Crippen molar-refractivity contribution in [2.45, 2.75) is 17.9 Å². The molecule has 0 radical (unpaired) electrons. The van der Waals surface area contributed by atoms with Gasteiger partial charge in [-0.3, -0.25) is 15.1 Å². The van der Waals surface area contributed by atoms with Crippen LogP contribution in [0.2, 0.25) is 0 Å². The monoisotopic (exact) mass is 363 g/mol. The summed E-state index contributed by atoms with van der Waals surface area (Å²) in [6, 6.07) is 4.65. The first-order valence-electron chi connectivity index (χ1n) is 7.24. The first kappa shape index (κ1) is 17.0. The fourth-order valence-electron chi connectivity index (χ4n) is 2.75. The maximum absolute atomic E-state index is 12.7. The minimum absolute atomic E-state index is 0.00275. The van der Waals surface area contributed by atoms with Gasteiger partial charge in [0.25, 0.3) is 5.69 Å². The third-order valence-corrected chi connectivity index (χ3v) is 5.88. The highest BCUT2D eigenvalue weighted by Crippen LogP contribution is 2.27. The van der Waals surface area contributed by atoms with Crippen LogP contribution in [0.15, 0.2) is 41.6 Å². The van der Waals surface area contributed by atoms with Crippen LogP contribution in [-0.4, -0.2) is 40.3 Å². The molecule has 0 spiro atoms. The first-order valence-corrected chi connectivity index (χ1v) is 8.68. The van der Waals surface area contributed by atoms with Crippen molar-refractivity contribution in [1.29, 1.82) is 0 Å². The van der Waals surface area contributed by atoms with Gasteiger partial charge in [-0.15, -0.1) is 0 Å². The van der Waals surface area contributed by atoms with Crippen LogP contribution in [0.4, 0.5) is 5.69 Å². The average molecular weight is 363 g/mol. The third kappa shape index (κ3) is 3.08. The van der Waals surface area contributed by atoms with Crippen molar-refractivity contribution >= 4 is 21.7 Å². The van der Waals surface area contributed by atoms with Crippen molar-refractivity contribution in [2.75, 3.05) is 6.54 Å². The van der Waals surface area contributed by atoms with E-state index in [2.05, 4.69) is 4.98 Å². The summed E-state index contributed by atoms with van der Waals surface area (Å²) in [6.45, 7) is 0.124. The van der Waals surface area contributed by atoms with Gasteiger partial charge >= 0.3 is 5.97 Å². The standard InChI is InChI=1S/C15H13N3O6S/c19-15(20)14-8-16-7-10-9-17(6-5-13(10)14)25(23,24)12-3-1-11(2-4-12)18(21)22/h1-4,7-8H,5-6,9H2,(H,19,20). The van der Waals surface area contributed by atoms with E-state index in [-0.39, 0.29) is 35.7 Å². The van der Waals surface area contributed by atoms with E-state index in [0.29, 0.717) is 11.1 Å². The number of carboxylic acids is 1. The van der Waals surface area contributed by atoms with Crippen LogP contribution < -0.4 is 0 Å². The van der Waals surface area contributed by atoms with Crippen molar-refractivity contribution in [1.82, 2.24) is 9.29 Å². The van der Waals surface area contributed by atoms with Crippen LogP contribution >= 0.6 is 0 Å². The van der Waals surface area contributed by atoms with E-state index in [4.69, 9.17) is 0 Å². The number of hydrogen-bond acceptors (Lipinski definition) is 6. The molecule has 3 rings (SSSR count). The molecule has 0 saturated heterocycles. The van der Waals surface area contributed by atoms with Crippen molar-refractivity contribution in [3.8, 4) is 0 Å². The molecule has 9 nitrogen and oxygen atoms in total. The Morgan fingerprint density at radius 3 is 2.52 bits per heavy atom. The van der Waals surface area contributed by atoms with Crippen molar-refractivity contribution in [2.24, 2.45) is 0 Å². The number of non-ortho nitro benzene ring substituents is 1. The number of pyridine rings is 1. The molecule has 0 atom stereocenters. The molecule has 0 amide bonds. The van der Waals surface area contributed by atoms with E-state index in [9.17, 15) is 28.4 Å². The zero-order chi connectivity index (χ0) is 18.2. The van der Waals surface area contributed by atoms with E-state index >= 15 is 0 Å². The molecule has 1 aliphatic rings. The molecule has 1 N–H and O–H groups in total. The van der Waals surface area contributed by atoms with Gasteiger partial charge in [-0.2, -0.15) is 4.31 Å². The Kier molecular flexibility index (Phi) is 4.23. The number of aromatic carboxylic acids is 1. The molecule has 1 aliphatic heterocycles. The molecule has 0 saturated carbocycles. The molecule has 0 fully saturated rings. The summed E-state index contributed by atoms with van der Waals surface area (Å²) < 4.78 is 26.6. The van der Waals surface area contributed by atoms with Crippen molar-refractivity contribution < 1.29 is 23.2 Å². The fraction of sp³-hybridized carbons (Fsp3) is 0.200. The minimum atomic E-state index is -3.84. The zero-order valence-electron chi connectivity index (χ0n) is 12.8. The molecule has 1 aromatic heterocycles. The largest absolute Gasteiger partial charge is 0.478 e. The van der Waals surface area contributed by atoms with E-state index in [1.165, 1.54) is 28.8 Å². The Bertz CT molecular complexity index is 956. The summed E-state index contributed by atoms with van der Waals surface area (Å²) in [6.07, 6.45) is 2.96. The Labute approximate surface area is 142 Å². The number of fused-ring (bicyclic) bond motifs is 1. The number of carboxylic acid groups (broad SMARTS) is 1. The van der Waals surface area contributed by atoms with E-state index in [1.54, 1.807) is 0 Å². The van der Waals surface area contributed by atoms with Gasteiger partial charge in [-0.25, -0.2) is 13.2 Å². The maximum Gasteiger partial charge on any atom is 0.337 e. The number of nitro groups is 1. The minimum Gasteiger partial charge on any atom is -0.478 e. The van der Waals surface area contributed by atoms with Crippen LogP contribution in [0.3, 0.4) is 0 Å². The van der Waals surface area contributed by atoms with Crippen LogP contribution in [0.1, 0.15) is 21.5 Å². The highest BCUT2D eigenvalue weighted by atomic mass is 32.2. The molecule has 10 heteroatoms. The Morgan fingerprint density at radius 2 is 1.92 bits per heavy atom. The van der Waals surface area contributed by atoms with Crippen molar-refractivity contribution in [3.05, 3.63) is 63.5 Å². The van der Waals surface area contributed by atoms with Gasteiger partial charge in [0.05, 0.1) is 15.4 Å². The Balaban J connectivity index is 1.91. The summed E-state index contributed by atoms with van der Waals surface area (Å²) in [5.74, 6) is -1.10. The predicted octanol–water partition coefficient (Wildman–Crippen LogP) is 1.44. The molecule has 2 heterocycles. The molecule has 1 aromatic carbocycles. The summed E-state index contributed by atoms with van der Waals surface area (Å²) in [5.41, 5.74) is 0.998. The van der Waals surface area contributed by atoms with Gasteiger partial charge in [-0.05, 0) is 29.7 Å². The number of rotatable bonds is 4. The van der Waals surface area contributed by atoms with Crippen LogP contribution in [-0.2, 0) is 23.0 Å². The molecular weight excluding hydrogens is 350 g/mol. The van der Waals surface area contributed by atoms with Crippen LogP contribution in [0, 0.1) is 10.1 Å². The average Bonchev–Trinajstić information content (AvgIpc) is 2.60. The summed E-state index contributed by atoms with van der Waals surface area (Å²) >= 11 is 0. The molecule has 0 unspecified atom stereocenters. The smallest absolute Gasteiger partial charge is 0.337 e. The fourth-order valence-corrected chi connectivity index (χ4v) is 4.16. The number of nitro benzene ring substituents is 1. The Morgan fingerprint density at radius 1 is 1.24 bits per heavy atom. The maximum atomic E-state index is 12.7. The summed E-state index contributed by atoms with van der Waals surface area (Å²) in [5, 5.41) is 19.9. The molecular formula is C15H13N3O6S. The normalized spacial score (nSPS) is 14.7. The molecule has 130 valence electrons. The number of nitrogens with zero attached hydrogens (tertiary/aromatic N) is 3. The Hall–Kier alpha value is -2.85. The van der Waals surface area contributed by atoms with Gasteiger partial charge in [0, 0.05) is 37.6 Å². The van der Waals surface area contributed by atoms with Gasteiger partial charge in [-0.1, -0.05) is 0 Å². The SMILES string of the molecule is O=C(O)c1cncc2c1CCN(S(=O)(=O)c1ccc([N+](=O)[O-])cc1)C2. The highest BCUT2D eigenvalue weighted by Gasteiger charge is 2.30. The predicted molar refractivity (Wildman–Crippen MR) is 85.6 cm³/mol. The number of hydrogen-bond donors (Lipinski definition) is 1. The summed E-state index contributed by atoms with van der Waals surface area (Å²) in [7, 11) is -3.84. The topological polar surface area (TPSA) is 131 Å². The quantitative estimate of drug-likeness (QED) is 0.642. The zero-order valence-corrected chi connectivity index (χ0v) is 13.6. The molecule has 0 bridgehead atoms. The lowest BCUT2D eigenvalue weighted by molar-refractivity contribution is -0.384. The van der Waals surface area contributed by atoms with Gasteiger partial charge < -0.3 is 5.11 Å². The number of sulfonamides is 1. The first-order chi connectivity index (χ1) is 11.8. The lowest BCUT2D eigenvalue weighted by atomic mass is 9.98. The van der Waals surface area contributed by atoms with Gasteiger partial charge in [0.2, 0.25) is 10.0 Å². The number of aromatic nitrogens is 1. The third-order valence-electron chi connectivity index (χ3n) is 4.02. The molecule has 2 aromatic rings. The lowest BCUT2D eigenvalue weighted by Crippen LogP contribution is -2.36. The van der Waals surface area contributed by atoms with Crippen molar-refractivity contribution in [3.63, 3.8) is 0 Å².